The van der Waals surface area contributed by atoms with Crippen molar-refractivity contribution in [1.29, 1.82) is 0 Å². The Kier molecular flexibility index (Phi) is 3.70. The molecule has 1 aromatic carbocycles. The first-order chi connectivity index (χ1) is 3.80. The van der Waals surface area contributed by atoms with Crippen molar-refractivity contribution in [1.82, 2.24) is 0 Å². The number of hydrogen-bond acceptors (Lipinski definition) is 2. The number of phenols is 2. The van der Waals surface area contributed by atoms with Crippen molar-refractivity contribution in [3.8, 4) is 11.5 Å². The second-order valence-corrected chi connectivity index (χ2v) is 1.41. The number of hydrogen-bond donors (Lipinski definition) is 2. The molecule has 0 radical (unpaired) electrons. The van der Waals surface area contributed by atoms with E-state index in [1.807, 2.05) is 0 Å². The normalized spacial score (nSPS) is 8.00. The van der Waals surface area contributed by atoms with Gasteiger partial charge in [-0.15, -0.1) is 12.1 Å². The zero-order chi connectivity index (χ0) is 5.98. The van der Waals surface area contributed by atoms with E-state index in [9.17, 15) is 0 Å². The van der Waals surface area contributed by atoms with Crippen molar-refractivity contribution in [2.45, 2.75) is 0 Å². The average molecular weight is 132 g/mol. The minimum Gasteiger partial charge on any atom is -0.562 e. The smallest absolute Gasteiger partial charge is 0.562 e. The molecule has 0 fully saturated rings. The molecular formula is C6H5NaO2. The minimum atomic E-state index is -0.132. The first-order valence-corrected chi connectivity index (χ1v) is 2.19. The molecule has 0 aliphatic heterocycles. The molecule has 1 rings (SSSR count). The molecule has 2 N–H and O–H groups in total. The van der Waals surface area contributed by atoms with Gasteiger partial charge >= 0.3 is 29.6 Å². The summed E-state index contributed by atoms with van der Waals surface area (Å²) in [7, 11) is 0. The predicted octanol–water partition coefficient (Wildman–Crippen LogP) is -2.10. The van der Waals surface area contributed by atoms with Crippen molar-refractivity contribution >= 4 is 0 Å². The molecule has 1 aromatic rings. The van der Waals surface area contributed by atoms with Gasteiger partial charge in [0.2, 0.25) is 0 Å². The van der Waals surface area contributed by atoms with Gasteiger partial charge in [-0.2, -0.15) is 12.1 Å². The molecule has 0 aliphatic rings. The first-order valence-electron chi connectivity index (χ1n) is 2.19. The SMILES string of the molecule is Oc1c[c-]ccc1O.[Na+]. The Morgan fingerprint density at radius 1 is 1.22 bits per heavy atom. The van der Waals surface area contributed by atoms with Crippen LogP contribution in [0.2, 0.25) is 0 Å². The second-order valence-electron chi connectivity index (χ2n) is 1.41. The summed E-state index contributed by atoms with van der Waals surface area (Å²) >= 11 is 0. The molecule has 0 saturated carbocycles. The summed E-state index contributed by atoms with van der Waals surface area (Å²) < 4.78 is 0. The molecule has 0 bridgehead atoms. The predicted molar refractivity (Wildman–Crippen MR) is 28.6 cm³/mol. The summed E-state index contributed by atoms with van der Waals surface area (Å²) in [4.78, 5) is 0. The van der Waals surface area contributed by atoms with Crippen LogP contribution >= 0.6 is 0 Å². The van der Waals surface area contributed by atoms with Crippen molar-refractivity contribution in [3.05, 3.63) is 24.3 Å². The van der Waals surface area contributed by atoms with Gasteiger partial charge in [0.05, 0.1) is 0 Å². The van der Waals surface area contributed by atoms with Crippen LogP contribution in [-0.4, -0.2) is 10.2 Å². The maximum Gasteiger partial charge on any atom is 1.00 e. The van der Waals surface area contributed by atoms with E-state index in [1.54, 1.807) is 0 Å². The third-order valence-corrected chi connectivity index (χ3v) is 0.820. The van der Waals surface area contributed by atoms with Gasteiger partial charge in [0, 0.05) is 11.5 Å². The fourth-order valence-corrected chi connectivity index (χ4v) is 0.413. The van der Waals surface area contributed by atoms with Crippen LogP contribution in [-0.2, 0) is 0 Å². The van der Waals surface area contributed by atoms with Crippen LogP contribution in [0.5, 0.6) is 11.5 Å². The topological polar surface area (TPSA) is 40.5 Å². The van der Waals surface area contributed by atoms with E-state index in [-0.39, 0.29) is 41.1 Å². The molecule has 0 spiro atoms. The third-order valence-electron chi connectivity index (χ3n) is 0.820. The number of aromatic hydroxyl groups is 2. The summed E-state index contributed by atoms with van der Waals surface area (Å²) in [6.45, 7) is 0. The fraction of sp³-hybridized carbons (Fsp3) is 0. The summed E-state index contributed by atoms with van der Waals surface area (Å²) in [5.74, 6) is -0.240. The molecule has 0 unspecified atom stereocenters. The van der Waals surface area contributed by atoms with Gasteiger partial charge in [0.15, 0.2) is 0 Å². The molecule has 0 amide bonds. The number of rotatable bonds is 0. The van der Waals surface area contributed by atoms with Crippen LogP contribution in [0.4, 0.5) is 0 Å². The fourth-order valence-electron chi connectivity index (χ4n) is 0.413. The van der Waals surface area contributed by atoms with E-state index in [4.69, 9.17) is 10.2 Å². The van der Waals surface area contributed by atoms with Gasteiger partial charge in [-0.25, -0.2) is 0 Å². The van der Waals surface area contributed by atoms with Crippen molar-refractivity contribution in [2.24, 2.45) is 0 Å². The average Bonchev–Trinajstić information content (AvgIpc) is 1.77. The van der Waals surface area contributed by atoms with E-state index in [1.165, 1.54) is 18.2 Å². The molecular weight excluding hydrogens is 127 g/mol. The molecule has 3 heteroatoms. The van der Waals surface area contributed by atoms with E-state index >= 15 is 0 Å². The van der Waals surface area contributed by atoms with Crippen LogP contribution < -0.4 is 29.6 Å². The molecule has 0 atom stereocenters. The standard InChI is InChI=1S/C6H5O2.Na/c7-5-3-1-2-4-6(5)8;/h1,3-4,7-8H;/q-1;+1. The Morgan fingerprint density at radius 3 is 2.22 bits per heavy atom. The van der Waals surface area contributed by atoms with E-state index in [2.05, 4.69) is 6.07 Å². The van der Waals surface area contributed by atoms with Gasteiger partial charge in [-0.1, -0.05) is 0 Å². The second kappa shape index (κ2) is 3.77. The Bertz CT molecular complexity index is 167. The van der Waals surface area contributed by atoms with Gasteiger partial charge < -0.3 is 10.2 Å². The summed E-state index contributed by atoms with van der Waals surface area (Å²) in [5, 5.41) is 17.3. The van der Waals surface area contributed by atoms with Crippen LogP contribution in [0, 0.1) is 6.07 Å². The van der Waals surface area contributed by atoms with Gasteiger partial charge in [0.25, 0.3) is 0 Å². The monoisotopic (exact) mass is 132 g/mol. The Hall–Kier alpha value is -0.180. The summed E-state index contributed by atoms with van der Waals surface area (Å²) in [6, 6.07) is 6.79. The Labute approximate surface area is 75.4 Å². The molecule has 9 heavy (non-hydrogen) atoms. The van der Waals surface area contributed by atoms with Crippen LogP contribution in [0.15, 0.2) is 18.2 Å². The van der Waals surface area contributed by atoms with Gasteiger partial charge in [-0.3, -0.25) is 0 Å². The molecule has 0 aliphatic carbocycles. The molecule has 42 valence electrons. The maximum absolute atomic E-state index is 8.65. The van der Waals surface area contributed by atoms with E-state index in [0.717, 1.165) is 0 Å². The summed E-state index contributed by atoms with van der Waals surface area (Å²) in [5.41, 5.74) is 0. The molecule has 0 aromatic heterocycles. The van der Waals surface area contributed by atoms with Crippen LogP contribution in [0.3, 0.4) is 0 Å². The van der Waals surface area contributed by atoms with Crippen molar-refractivity contribution in [3.63, 3.8) is 0 Å². The Morgan fingerprint density at radius 2 is 1.89 bits per heavy atom. The van der Waals surface area contributed by atoms with Gasteiger partial charge in [0.1, 0.15) is 0 Å². The largest absolute Gasteiger partial charge is 1.00 e. The quantitative estimate of drug-likeness (QED) is 0.241. The van der Waals surface area contributed by atoms with E-state index in [0.29, 0.717) is 0 Å². The molecule has 2 nitrogen and oxygen atoms in total. The van der Waals surface area contributed by atoms with Crippen LogP contribution in [0.1, 0.15) is 0 Å². The van der Waals surface area contributed by atoms with Crippen molar-refractivity contribution in [2.75, 3.05) is 0 Å². The van der Waals surface area contributed by atoms with Gasteiger partial charge in [-0.05, 0) is 0 Å². The maximum atomic E-state index is 8.65. The number of phenolic OH excluding ortho intramolecular Hbond substituents is 2. The Balaban J connectivity index is 0.000000640. The van der Waals surface area contributed by atoms with Crippen LogP contribution in [0.25, 0.3) is 0 Å². The zero-order valence-corrected chi connectivity index (χ0v) is 7.13. The summed E-state index contributed by atoms with van der Waals surface area (Å²) in [6.07, 6.45) is 0. The third kappa shape index (κ3) is 2.26. The first kappa shape index (κ1) is 8.82. The van der Waals surface area contributed by atoms with Crippen molar-refractivity contribution < 1.29 is 39.8 Å². The molecule has 0 saturated heterocycles. The number of benzene rings is 1. The zero-order valence-electron chi connectivity index (χ0n) is 5.13. The molecule has 0 heterocycles. The minimum absolute atomic E-state index is 0. The van der Waals surface area contributed by atoms with E-state index < -0.39 is 0 Å².